The summed E-state index contributed by atoms with van der Waals surface area (Å²) in [6.45, 7) is 2.02. The van der Waals surface area contributed by atoms with Crippen molar-refractivity contribution < 1.29 is 9.53 Å². The van der Waals surface area contributed by atoms with E-state index in [2.05, 4.69) is 4.98 Å². The molecule has 0 saturated heterocycles. The molecular formula is C17H13NO2. The van der Waals surface area contributed by atoms with Gasteiger partial charge < -0.3 is 4.74 Å². The normalized spacial score (nSPS) is 16.1. The van der Waals surface area contributed by atoms with E-state index in [4.69, 9.17) is 4.74 Å². The van der Waals surface area contributed by atoms with Crippen LogP contribution in [0.2, 0.25) is 0 Å². The number of carbonyl (C=O) groups is 1. The van der Waals surface area contributed by atoms with Crippen molar-refractivity contribution in [1.29, 1.82) is 0 Å². The second kappa shape index (κ2) is 5.13. The molecule has 0 fully saturated rings. The summed E-state index contributed by atoms with van der Waals surface area (Å²) in [6, 6.07) is 11.6. The van der Waals surface area contributed by atoms with E-state index in [-0.39, 0.29) is 5.97 Å². The zero-order valence-corrected chi connectivity index (χ0v) is 11.0. The lowest BCUT2D eigenvalue weighted by atomic mass is 10.1. The van der Waals surface area contributed by atoms with Crippen molar-refractivity contribution in [3.05, 3.63) is 77.1 Å². The van der Waals surface area contributed by atoms with Gasteiger partial charge in [-0.2, -0.15) is 0 Å². The molecule has 0 aliphatic carbocycles. The lowest BCUT2D eigenvalue weighted by molar-refractivity contribution is -0.130. The molecule has 3 rings (SSSR count). The first-order chi connectivity index (χ1) is 9.72. The number of aryl methyl sites for hydroxylation is 1. The van der Waals surface area contributed by atoms with Crippen LogP contribution in [-0.2, 0) is 9.53 Å². The average Bonchev–Trinajstić information content (AvgIpc) is 2.82. The Morgan fingerprint density at radius 1 is 1.15 bits per heavy atom. The molecule has 0 saturated carbocycles. The van der Waals surface area contributed by atoms with Crippen LogP contribution in [0.15, 0.2) is 60.4 Å². The molecule has 2 heterocycles. The van der Waals surface area contributed by atoms with Gasteiger partial charge in [-0.05, 0) is 30.7 Å². The first-order valence-electron chi connectivity index (χ1n) is 6.35. The SMILES string of the molecule is Cc1ccc(C2=C/C(=C\c3cccnc3)C(=O)O2)cc1. The number of benzene rings is 1. The van der Waals surface area contributed by atoms with Crippen LogP contribution in [-0.4, -0.2) is 11.0 Å². The Kier molecular flexibility index (Phi) is 3.17. The number of rotatable bonds is 2. The van der Waals surface area contributed by atoms with E-state index >= 15 is 0 Å². The third kappa shape index (κ3) is 2.52. The minimum atomic E-state index is -0.329. The van der Waals surface area contributed by atoms with Gasteiger partial charge in [0.1, 0.15) is 5.76 Å². The van der Waals surface area contributed by atoms with Gasteiger partial charge in [-0.1, -0.05) is 35.9 Å². The van der Waals surface area contributed by atoms with Crippen molar-refractivity contribution in [1.82, 2.24) is 4.98 Å². The Labute approximate surface area is 117 Å². The number of aromatic nitrogens is 1. The van der Waals surface area contributed by atoms with E-state index in [0.717, 1.165) is 11.1 Å². The number of carbonyl (C=O) groups excluding carboxylic acids is 1. The van der Waals surface area contributed by atoms with E-state index in [9.17, 15) is 4.79 Å². The van der Waals surface area contributed by atoms with Crippen LogP contribution in [0.1, 0.15) is 16.7 Å². The van der Waals surface area contributed by atoms with Gasteiger partial charge in [-0.25, -0.2) is 4.79 Å². The molecule has 3 heteroatoms. The standard InChI is InChI=1S/C17H13NO2/c1-12-4-6-14(7-5-12)16-10-15(17(19)20-16)9-13-3-2-8-18-11-13/h2-11H,1H3/b15-9+. The molecule has 1 aliphatic rings. The number of ether oxygens (including phenoxy) is 1. The molecule has 0 atom stereocenters. The van der Waals surface area contributed by atoms with E-state index < -0.39 is 0 Å². The Bertz CT molecular complexity index is 698. The number of nitrogens with zero attached hydrogens (tertiary/aromatic N) is 1. The van der Waals surface area contributed by atoms with Gasteiger partial charge >= 0.3 is 5.97 Å². The highest BCUT2D eigenvalue weighted by atomic mass is 16.5. The first-order valence-corrected chi connectivity index (χ1v) is 6.35. The summed E-state index contributed by atoms with van der Waals surface area (Å²) >= 11 is 0. The number of hydrogen-bond donors (Lipinski definition) is 0. The zero-order chi connectivity index (χ0) is 13.9. The first kappa shape index (κ1) is 12.4. The maximum Gasteiger partial charge on any atom is 0.343 e. The molecule has 0 amide bonds. The largest absolute Gasteiger partial charge is 0.422 e. The predicted octanol–water partition coefficient (Wildman–Crippen LogP) is 3.37. The maximum absolute atomic E-state index is 11.9. The summed E-state index contributed by atoms with van der Waals surface area (Å²) in [4.78, 5) is 15.9. The Hall–Kier alpha value is -2.68. The molecule has 0 unspecified atom stereocenters. The fourth-order valence-corrected chi connectivity index (χ4v) is 1.99. The summed E-state index contributed by atoms with van der Waals surface area (Å²) < 4.78 is 5.31. The Morgan fingerprint density at radius 2 is 1.95 bits per heavy atom. The van der Waals surface area contributed by atoms with Crippen LogP contribution in [0.25, 0.3) is 11.8 Å². The fraction of sp³-hybridized carbons (Fsp3) is 0.0588. The van der Waals surface area contributed by atoms with Crippen molar-refractivity contribution in [2.75, 3.05) is 0 Å². The van der Waals surface area contributed by atoms with Crippen molar-refractivity contribution >= 4 is 17.8 Å². The number of pyridine rings is 1. The lowest BCUT2D eigenvalue weighted by Crippen LogP contribution is -1.97. The summed E-state index contributed by atoms with van der Waals surface area (Å²) in [6.07, 6.45) is 6.94. The highest BCUT2D eigenvalue weighted by Crippen LogP contribution is 2.27. The number of cyclic esters (lactones) is 1. The fourth-order valence-electron chi connectivity index (χ4n) is 1.99. The summed E-state index contributed by atoms with van der Waals surface area (Å²) in [7, 11) is 0. The summed E-state index contributed by atoms with van der Waals surface area (Å²) in [5.41, 5.74) is 3.48. The summed E-state index contributed by atoms with van der Waals surface area (Å²) in [5.74, 6) is 0.259. The molecule has 1 aliphatic heterocycles. The summed E-state index contributed by atoms with van der Waals surface area (Å²) in [5, 5.41) is 0. The molecule has 98 valence electrons. The van der Waals surface area contributed by atoms with Gasteiger partial charge in [-0.15, -0.1) is 0 Å². The smallest absolute Gasteiger partial charge is 0.343 e. The molecule has 20 heavy (non-hydrogen) atoms. The van der Waals surface area contributed by atoms with Crippen LogP contribution < -0.4 is 0 Å². The molecule has 1 aromatic carbocycles. The molecule has 0 N–H and O–H groups in total. The zero-order valence-electron chi connectivity index (χ0n) is 11.0. The Morgan fingerprint density at radius 3 is 2.65 bits per heavy atom. The Balaban J connectivity index is 1.93. The predicted molar refractivity (Wildman–Crippen MR) is 77.5 cm³/mol. The van der Waals surface area contributed by atoms with Crippen LogP contribution in [0, 0.1) is 6.92 Å². The van der Waals surface area contributed by atoms with Crippen molar-refractivity contribution in [3.63, 3.8) is 0 Å². The molecule has 0 bridgehead atoms. The molecule has 0 spiro atoms. The van der Waals surface area contributed by atoms with E-state index in [0.29, 0.717) is 11.3 Å². The number of esters is 1. The van der Waals surface area contributed by atoms with Gasteiger partial charge in [0.25, 0.3) is 0 Å². The highest BCUT2D eigenvalue weighted by molar-refractivity contribution is 6.05. The average molecular weight is 263 g/mol. The quantitative estimate of drug-likeness (QED) is 0.616. The minimum Gasteiger partial charge on any atom is -0.422 e. The van der Waals surface area contributed by atoms with E-state index in [1.54, 1.807) is 24.5 Å². The van der Waals surface area contributed by atoms with Crippen LogP contribution in [0.5, 0.6) is 0 Å². The van der Waals surface area contributed by atoms with Gasteiger partial charge in [0.05, 0.1) is 5.57 Å². The molecule has 0 radical (unpaired) electrons. The maximum atomic E-state index is 11.9. The molecule has 3 nitrogen and oxygen atoms in total. The van der Waals surface area contributed by atoms with Gasteiger partial charge in [0.15, 0.2) is 0 Å². The molecular weight excluding hydrogens is 250 g/mol. The van der Waals surface area contributed by atoms with Crippen molar-refractivity contribution in [3.8, 4) is 0 Å². The molecule has 2 aromatic rings. The van der Waals surface area contributed by atoms with E-state index in [1.165, 1.54) is 5.56 Å². The highest BCUT2D eigenvalue weighted by Gasteiger charge is 2.21. The second-order valence-corrected chi connectivity index (χ2v) is 4.65. The topological polar surface area (TPSA) is 39.2 Å². The third-order valence-electron chi connectivity index (χ3n) is 3.07. The van der Waals surface area contributed by atoms with Gasteiger partial charge in [-0.3, -0.25) is 4.98 Å². The van der Waals surface area contributed by atoms with Crippen molar-refractivity contribution in [2.45, 2.75) is 6.92 Å². The van der Waals surface area contributed by atoms with Gasteiger partial charge in [0.2, 0.25) is 0 Å². The lowest BCUT2D eigenvalue weighted by Gasteiger charge is -2.01. The van der Waals surface area contributed by atoms with E-state index in [1.807, 2.05) is 43.3 Å². The third-order valence-corrected chi connectivity index (χ3v) is 3.07. The monoisotopic (exact) mass is 263 g/mol. The molecule has 1 aromatic heterocycles. The van der Waals surface area contributed by atoms with Crippen LogP contribution in [0.3, 0.4) is 0 Å². The minimum absolute atomic E-state index is 0.329. The van der Waals surface area contributed by atoms with Crippen molar-refractivity contribution in [2.24, 2.45) is 0 Å². The number of hydrogen-bond acceptors (Lipinski definition) is 3. The van der Waals surface area contributed by atoms with Crippen LogP contribution >= 0.6 is 0 Å². The van der Waals surface area contributed by atoms with Gasteiger partial charge in [0, 0.05) is 18.0 Å². The van der Waals surface area contributed by atoms with Crippen LogP contribution in [0.4, 0.5) is 0 Å². The second-order valence-electron chi connectivity index (χ2n) is 4.65.